The molecule has 0 fully saturated rings. The molecule has 1 atom stereocenters. The zero-order valence-corrected chi connectivity index (χ0v) is 13.3. The summed E-state index contributed by atoms with van der Waals surface area (Å²) in [6, 6.07) is 0. The van der Waals surface area contributed by atoms with Crippen molar-refractivity contribution in [3.63, 3.8) is 0 Å². The molecule has 114 valence electrons. The summed E-state index contributed by atoms with van der Waals surface area (Å²) < 4.78 is 28.7. The van der Waals surface area contributed by atoms with Crippen LogP contribution in [0.5, 0.6) is 0 Å². The summed E-state index contributed by atoms with van der Waals surface area (Å²) in [6.07, 6.45) is 0.807. The summed E-state index contributed by atoms with van der Waals surface area (Å²) >= 11 is 0. The Morgan fingerprint density at radius 1 is 1.26 bits per heavy atom. The summed E-state index contributed by atoms with van der Waals surface area (Å²) in [5, 5.41) is 0. The number of nitrogens with two attached hydrogens (primary N) is 1. The maximum absolute atomic E-state index is 12.1. The number of hydrogen-bond donors (Lipinski definition) is 1. The first kappa shape index (κ1) is 18.4. The Balaban J connectivity index is 5.02. The minimum atomic E-state index is -3.12. The van der Waals surface area contributed by atoms with Gasteiger partial charge in [-0.25, -0.2) is 8.42 Å². The molecule has 0 heterocycles. The second-order valence-electron chi connectivity index (χ2n) is 5.14. The second-order valence-corrected chi connectivity index (χ2v) is 7.44. The van der Waals surface area contributed by atoms with Crippen molar-refractivity contribution in [2.24, 2.45) is 17.1 Å². The van der Waals surface area contributed by atoms with Gasteiger partial charge < -0.3 is 10.5 Å². The summed E-state index contributed by atoms with van der Waals surface area (Å²) in [5.41, 5.74) is 4.84. The molecular weight excluding hydrogens is 266 g/mol. The summed E-state index contributed by atoms with van der Waals surface area (Å²) in [5.74, 6) is -0.323. The molecule has 6 heteroatoms. The molecule has 0 aromatic carbocycles. The molecule has 0 rings (SSSR count). The highest BCUT2D eigenvalue weighted by atomic mass is 32.2. The van der Waals surface area contributed by atoms with Crippen molar-refractivity contribution in [1.29, 1.82) is 0 Å². The van der Waals surface area contributed by atoms with E-state index in [0.29, 0.717) is 6.42 Å². The molecule has 0 amide bonds. The highest BCUT2D eigenvalue weighted by molar-refractivity contribution is 7.91. The maximum atomic E-state index is 12.1. The largest absolute Gasteiger partial charge is 0.466 e. The van der Waals surface area contributed by atoms with Crippen molar-refractivity contribution in [1.82, 2.24) is 0 Å². The number of sulfone groups is 1. The van der Waals surface area contributed by atoms with Crippen LogP contribution in [0.15, 0.2) is 0 Å². The molecule has 0 aliphatic heterocycles. The lowest BCUT2D eigenvalue weighted by Crippen LogP contribution is -2.45. The van der Waals surface area contributed by atoms with Gasteiger partial charge in [-0.05, 0) is 25.7 Å². The Morgan fingerprint density at radius 3 is 2.21 bits per heavy atom. The van der Waals surface area contributed by atoms with Crippen LogP contribution < -0.4 is 5.73 Å². The van der Waals surface area contributed by atoms with E-state index < -0.39 is 15.3 Å². The Morgan fingerprint density at radius 2 is 1.84 bits per heavy atom. The van der Waals surface area contributed by atoms with Crippen molar-refractivity contribution in [2.45, 2.75) is 40.5 Å². The van der Waals surface area contributed by atoms with Gasteiger partial charge in [0.05, 0.1) is 17.8 Å². The van der Waals surface area contributed by atoms with Crippen LogP contribution in [0.3, 0.4) is 0 Å². The molecule has 0 saturated heterocycles. The average molecular weight is 293 g/mol. The van der Waals surface area contributed by atoms with E-state index in [2.05, 4.69) is 0 Å². The lowest BCUT2D eigenvalue weighted by atomic mass is 9.75. The highest BCUT2D eigenvalue weighted by Crippen LogP contribution is 2.33. The summed E-state index contributed by atoms with van der Waals surface area (Å²) in [4.78, 5) is 12.1. The van der Waals surface area contributed by atoms with E-state index in [1.54, 1.807) is 6.92 Å². The fraction of sp³-hybridized carbons (Fsp3) is 0.923. The van der Waals surface area contributed by atoms with E-state index in [-0.39, 0.29) is 43.0 Å². The molecular formula is C13H27NO4S. The van der Waals surface area contributed by atoms with Gasteiger partial charge in [0.2, 0.25) is 0 Å². The molecule has 0 aromatic rings. The summed E-state index contributed by atoms with van der Waals surface area (Å²) in [7, 11) is -3.12. The molecule has 2 N–H and O–H groups in total. The third kappa shape index (κ3) is 5.10. The zero-order chi connectivity index (χ0) is 15.1. The standard InChI is InChI=1S/C13H27NO4S/c1-5-8-19(16,17)9-7-13(10-14,11(3)4)12(15)18-6-2/h11H,5-10,14H2,1-4H3. The number of ether oxygens (including phenoxy) is 1. The second kappa shape index (κ2) is 7.85. The quantitative estimate of drug-likeness (QED) is 0.649. The molecule has 5 nitrogen and oxygen atoms in total. The van der Waals surface area contributed by atoms with Crippen molar-refractivity contribution in [2.75, 3.05) is 24.7 Å². The third-order valence-corrected chi connectivity index (χ3v) is 5.38. The fourth-order valence-corrected chi connectivity index (χ4v) is 3.57. The van der Waals surface area contributed by atoms with Crippen LogP contribution in [0.1, 0.15) is 40.5 Å². The predicted molar refractivity (Wildman–Crippen MR) is 76.5 cm³/mol. The van der Waals surface area contributed by atoms with Crippen molar-refractivity contribution >= 4 is 15.8 Å². The van der Waals surface area contributed by atoms with Crippen LogP contribution >= 0.6 is 0 Å². The van der Waals surface area contributed by atoms with E-state index in [4.69, 9.17) is 10.5 Å². The van der Waals surface area contributed by atoms with E-state index in [1.807, 2.05) is 20.8 Å². The average Bonchev–Trinajstić information content (AvgIpc) is 2.30. The normalized spacial score (nSPS) is 15.3. The van der Waals surface area contributed by atoms with Crippen LogP contribution in [0.4, 0.5) is 0 Å². The Bertz CT molecular complexity index is 378. The molecule has 0 aliphatic carbocycles. The number of carbonyl (C=O) groups is 1. The van der Waals surface area contributed by atoms with Crippen LogP contribution in [-0.2, 0) is 19.4 Å². The number of rotatable bonds is 9. The molecule has 0 aliphatic rings. The molecule has 0 saturated carbocycles. The smallest absolute Gasteiger partial charge is 0.313 e. The first-order chi connectivity index (χ1) is 8.75. The molecule has 1 unspecified atom stereocenters. The predicted octanol–water partition coefficient (Wildman–Crippen LogP) is 1.37. The van der Waals surface area contributed by atoms with Gasteiger partial charge >= 0.3 is 5.97 Å². The third-order valence-electron chi connectivity index (χ3n) is 3.53. The summed E-state index contributed by atoms with van der Waals surface area (Å²) in [6.45, 7) is 7.67. The van der Waals surface area contributed by atoms with E-state index in [1.165, 1.54) is 0 Å². The van der Waals surface area contributed by atoms with Crippen LogP contribution in [0.25, 0.3) is 0 Å². The zero-order valence-electron chi connectivity index (χ0n) is 12.4. The Hall–Kier alpha value is -0.620. The van der Waals surface area contributed by atoms with Gasteiger partial charge in [0.1, 0.15) is 9.84 Å². The van der Waals surface area contributed by atoms with Gasteiger partial charge in [-0.1, -0.05) is 20.8 Å². The first-order valence-electron chi connectivity index (χ1n) is 6.83. The highest BCUT2D eigenvalue weighted by Gasteiger charge is 2.42. The van der Waals surface area contributed by atoms with E-state index in [0.717, 1.165) is 0 Å². The van der Waals surface area contributed by atoms with Crippen molar-refractivity contribution in [3.05, 3.63) is 0 Å². The van der Waals surface area contributed by atoms with Crippen molar-refractivity contribution < 1.29 is 17.9 Å². The van der Waals surface area contributed by atoms with Gasteiger partial charge in [-0.3, -0.25) is 4.79 Å². The number of carbonyl (C=O) groups excluding carboxylic acids is 1. The van der Waals surface area contributed by atoms with Gasteiger partial charge in [-0.15, -0.1) is 0 Å². The van der Waals surface area contributed by atoms with E-state index in [9.17, 15) is 13.2 Å². The van der Waals surface area contributed by atoms with Gasteiger partial charge in [0.15, 0.2) is 0 Å². The molecule has 0 aromatic heterocycles. The molecule has 0 spiro atoms. The molecule has 19 heavy (non-hydrogen) atoms. The van der Waals surface area contributed by atoms with Gasteiger partial charge in [0.25, 0.3) is 0 Å². The topological polar surface area (TPSA) is 86.5 Å². The number of esters is 1. The maximum Gasteiger partial charge on any atom is 0.313 e. The Labute approximate surface area is 116 Å². The lowest BCUT2D eigenvalue weighted by Gasteiger charge is -2.33. The minimum absolute atomic E-state index is 0.0188. The SMILES string of the molecule is CCCS(=O)(=O)CCC(CN)(C(=O)OCC)C(C)C. The minimum Gasteiger partial charge on any atom is -0.466 e. The van der Waals surface area contributed by atoms with Gasteiger partial charge in [-0.2, -0.15) is 0 Å². The monoisotopic (exact) mass is 293 g/mol. The van der Waals surface area contributed by atoms with Crippen LogP contribution in [0.2, 0.25) is 0 Å². The first-order valence-corrected chi connectivity index (χ1v) is 8.65. The Kier molecular flexibility index (Phi) is 7.59. The van der Waals surface area contributed by atoms with E-state index >= 15 is 0 Å². The van der Waals surface area contributed by atoms with Crippen molar-refractivity contribution in [3.8, 4) is 0 Å². The van der Waals surface area contributed by atoms with Gasteiger partial charge in [0, 0.05) is 12.3 Å². The molecule has 0 radical (unpaired) electrons. The fourth-order valence-electron chi connectivity index (χ4n) is 2.07. The van der Waals surface area contributed by atoms with Crippen LogP contribution in [-0.4, -0.2) is 39.0 Å². The molecule has 0 bridgehead atoms. The van der Waals surface area contributed by atoms with Crippen LogP contribution in [0, 0.1) is 11.3 Å². The lowest BCUT2D eigenvalue weighted by molar-refractivity contribution is -0.158. The number of hydrogen-bond acceptors (Lipinski definition) is 5.